The van der Waals surface area contributed by atoms with E-state index in [1.165, 1.54) is 0 Å². The lowest BCUT2D eigenvalue weighted by atomic mass is 10.2. The van der Waals surface area contributed by atoms with E-state index in [-0.39, 0.29) is 18.1 Å². The number of nitrogens with zero attached hydrogens (tertiary/aromatic N) is 1. The summed E-state index contributed by atoms with van der Waals surface area (Å²) in [6, 6.07) is 0.0818. The number of amides is 1. The second-order valence-corrected chi connectivity index (χ2v) is 3.76. The van der Waals surface area contributed by atoms with Crippen molar-refractivity contribution in [2.75, 3.05) is 19.5 Å². The number of rotatable bonds is 3. The minimum Gasteiger partial charge on any atom is -0.368 e. The molecule has 3 nitrogen and oxygen atoms in total. The third-order valence-corrected chi connectivity index (χ3v) is 2.88. The minimum absolute atomic E-state index is 0.0608. The summed E-state index contributed by atoms with van der Waals surface area (Å²) in [6.45, 7) is 2.64. The summed E-state index contributed by atoms with van der Waals surface area (Å²) >= 11 is 5.66. The zero-order valence-corrected chi connectivity index (χ0v) is 8.88. The van der Waals surface area contributed by atoms with E-state index in [1.54, 1.807) is 11.9 Å². The quantitative estimate of drug-likeness (QED) is 0.650. The lowest BCUT2D eigenvalue weighted by Crippen LogP contribution is -2.42. The number of halogens is 1. The Morgan fingerprint density at radius 1 is 1.77 bits per heavy atom. The van der Waals surface area contributed by atoms with Gasteiger partial charge in [0.2, 0.25) is 0 Å². The van der Waals surface area contributed by atoms with E-state index in [9.17, 15) is 4.79 Å². The van der Waals surface area contributed by atoms with Crippen LogP contribution in [-0.4, -0.2) is 42.5 Å². The first-order chi connectivity index (χ1) is 6.16. The van der Waals surface area contributed by atoms with Gasteiger partial charge < -0.3 is 9.64 Å². The molecule has 0 radical (unpaired) electrons. The highest BCUT2D eigenvalue weighted by Crippen LogP contribution is 2.15. The predicted molar refractivity (Wildman–Crippen MR) is 51.9 cm³/mol. The summed E-state index contributed by atoms with van der Waals surface area (Å²) in [5, 5.41) is 0. The highest BCUT2D eigenvalue weighted by molar-refractivity contribution is 6.18. The van der Waals surface area contributed by atoms with E-state index < -0.39 is 0 Å². The molecule has 1 fully saturated rings. The lowest BCUT2D eigenvalue weighted by molar-refractivity contribution is -0.141. The number of alkyl halides is 1. The van der Waals surface area contributed by atoms with Gasteiger partial charge in [-0.25, -0.2) is 0 Å². The monoisotopic (exact) mass is 205 g/mol. The van der Waals surface area contributed by atoms with Gasteiger partial charge in [0.05, 0.1) is 0 Å². The SMILES string of the molecule is CC(CCl)N(C)C(=O)C1CCCO1. The van der Waals surface area contributed by atoms with Crippen LogP contribution in [0.4, 0.5) is 0 Å². The van der Waals surface area contributed by atoms with Crippen LogP contribution in [0.2, 0.25) is 0 Å². The Morgan fingerprint density at radius 2 is 2.46 bits per heavy atom. The largest absolute Gasteiger partial charge is 0.368 e. The average molecular weight is 206 g/mol. The molecule has 0 bridgehead atoms. The Morgan fingerprint density at radius 3 is 2.92 bits per heavy atom. The maximum absolute atomic E-state index is 11.7. The van der Waals surface area contributed by atoms with Crippen LogP contribution in [-0.2, 0) is 9.53 Å². The molecule has 1 saturated heterocycles. The smallest absolute Gasteiger partial charge is 0.251 e. The number of ether oxygens (including phenoxy) is 1. The fourth-order valence-corrected chi connectivity index (χ4v) is 1.53. The second kappa shape index (κ2) is 4.82. The Labute approximate surface area is 84.0 Å². The minimum atomic E-state index is -0.226. The van der Waals surface area contributed by atoms with Gasteiger partial charge in [0.25, 0.3) is 5.91 Å². The van der Waals surface area contributed by atoms with Gasteiger partial charge in [-0.05, 0) is 19.8 Å². The van der Waals surface area contributed by atoms with Crippen LogP contribution in [0.5, 0.6) is 0 Å². The third-order valence-electron chi connectivity index (χ3n) is 2.44. The van der Waals surface area contributed by atoms with E-state index in [0.29, 0.717) is 12.5 Å². The van der Waals surface area contributed by atoms with Crippen LogP contribution in [0.3, 0.4) is 0 Å². The zero-order chi connectivity index (χ0) is 9.84. The fraction of sp³-hybridized carbons (Fsp3) is 0.889. The molecular formula is C9H16ClNO2. The standard InChI is InChI=1S/C9H16ClNO2/c1-7(6-10)11(2)9(12)8-4-3-5-13-8/h7-8H,3-6H2,1-2H3. The van der Waals surface area contributed by atoms with E-state index in [4.69, 9.17) is 16.3 Å². The van der Waals surface area contributed by atoms with Gasteiger partial charge in [-0.15, -0.1) is 11.6 Å². The molecule has 1 rings (SSSR count). The third kappa shape index (κ3) is 2.58. The summed E-state index contributed by atoms with van der Waals surface area (Å²) in [7, 11) is 1.77. The Kier molecular flexibility index (Phi) is 4.00. The van der Waals surface area contributed by atoms with Crippen molar-refractivity contribution >= 4 is 17.5 Å². The van der Waals surface area contributed by atoms with Crippen molar-refractivity contribution in [3.63, 3.8) is 0 Å². The number of likely N-dealkylation sites (N-methyl/N-ethyl adjacent to an activating group) is 1. The molecule has 1 aliphatic rings. The highest BCUT2D eigenvalue weighted by Gasteiger charge is 2.28. The lowest BCUT2D eigenvalue weighted by Gasteiger charge is -2.25. The fourth-order valence-electron chi connectivity index (χ4n) is 1.32. The van der Waals surface area contributed by atoms with E-state index in [0.717, 1.165) is 12.8 Å². The summed E-state index contributed by atoms with van der Waals surface area (Å²) in [6.07, 6.45) is 1.60. The molecule has 76 valence electrons. The number of carbonyl (C=O) groups excluding carboxylic acids is 1. The Balaban J connectivity index is 2.45. The van der Waals surface area contributed by atoms with Gasteiger partial charge in [-0.2, -0.15) is 0 Å². The summed E-state index contributed by atoms with van der Waals surface area (Å²) in [5.74, 6) is 0.528. The van der Waals surface area contributed by atoms with E-state index >= 15 is 0 Å². The summed E-state index contributed by atoms with van der Waals surface area (Å²) in [4.78, 5) is 13.4. The normalized spacial score (nSPS) is 24.4. The average Bonchev–Trinajstić information content (AvgIpc) is 2.67. The molecule has 0 spiro atoms. The first-order valence-electron chi connectivity index (χ1n) is 4.61. The van der Waals surface area contributed by atoms with Crippen LogP contribution < -0.4 is 0 Å². The number of hydrogen-bond donors (Lipinski definition) is 0. The molecule has 0 aromatic rings. The Bertz CT molecular complexity index is 180. The summed E-state index contributed by atoms with van der Waals surface area (Å²) in [5.41, 5.74) is 0. The molecule has 13 heavy (non-hydrogen) atoms. The predicted octanol–water partition coefficient (Wildman–Crippen LogP) is 1.25. The number of hydrogen-bond acceptors (Lipinski definition) is 2. The maximum atomic E-state index is 11.7. The van der Waals surface area contributed by atoms with Gasteiger partial charge in [-0.1, -0.05) is 0 Å². The summed E-state index contributed by atoms with van der Waals surface area (Å²) < 4.78 is 5.30. The molecule has 0 aliphatic carbocycles. The van der Waals surface area contributed by atoms with Crippen molar-refractivity contribution in [3.8, 4) is 0 Å². The van der Waals surface area contributed by atoms with Gasteiger partial charge in [0.1, 0.15) is 6.10 Å². The molecule has 0 N–H and O–H groups in total. The van der Waals surface area contributed by atoms with Crippen LogP contribution in [0, 0.1) is 0 Å². The molecular weight excluding hydrogens is 190 g/mol. The topological polar surface area (TPSA) is 29.5 Å². The molecule has 0 aromatic carbocycles. The molecule has 2 unspecified atom stereocenters. The molecule has 0 aromatic heterocycles. The molecule has 4 heteroatoms. The number of carbonyl (C=O) groups is 1. The maximum Gasteiger partial charge on any atom is 0.251 e. The molecule has 0 saturated carbocycles. The van der Waals surface area contributed by atoms with E-state index in [2.05, 4.69) is 0 Å². The van der Waals surface area contributed by atoms with Crippen molar-refractivity contribution < 1.29 is 9.53 Å². The molecule has 1 aliphatic heterocycles. The first-order valence-corrected chi connectivity index (χ1v) is 5.14. The van der Waals surface area contributed by atoms with Crippen molar-refractivity contribution in [2.45, 2.75) is 31.9 Å². The van der Waals surface area contributed by atoms with Crippen molar-refractivity contribution in [1.82, 2.24) is 4.90 Å². The van der Waals surface area contributed by atoms with E-state index in [1.807, 2.05) is 6.92 Å². The second-order valence-electron chi connectivity index (χ2n) is 3.45. The van der Waals surface area contributed by atoms with Gasteiger partial charge >= 0.3 is 0 Å². The van der Waals surface area contributed by atoms with Gasteiger partial charge in [0, 0.05) is 25.6 Å². The molecule has 1 amide bonds. The molecule has 2 atom stereocenters. The molecule has 1 heterocycles. The van der Waals surface area contributed by atoms with Crippen molar-refractivity contribution in [1.29, 1.82) is 0 Å². The highest BCUT2D eigenvalue weighted by atomic mass is 35.5. The first kappa shape index (κ1) is 10.8. The van der Waals surface area contributed by atoms with Crippen LogP contribution in [0.25, 0.3) is 0 Å². The zero-order valence-electron chi connectivity index (χ0n) is 8.12. The van der Waals surface area contributed by atoms with Crippen molar-refractivity contribution in [2.24, 2.45) is 0 Å². The van der Waals surface area contributed by atoms with Crippen LogP contribution in [0.15, 0.2) is 0 Å². The van der Waals surface area contributed by atoms with Crippen LogP contribution >= 0.6 is 11.6 Å². The Hall–Kier alpha value is -0.280. The van der Waals surface area contributed by atoms with Crippen molar-refractivity contribution in [3.05, 3.63) is 0 Å². The van der Waals surface area contributed by atoms with Gasteiger partial charge in [0.15, 0.2) is 0 Å². The van der Waals surface area contributed by atoms with Gasteiger partial charge in [-0.3, -0.25) is 4.79 Å². The van der Waals surface area contributed by atoms with Crippen LogP contribution in [0.1, 0.15) is 19.8 Å².